The molecule has 0 atom stereocenters. The lowest BCUT2D eigenvalue weighted by Gasteiger charge is -2.02. The lowest BCUT2D eigenvalue weighted by atomic mass is 10.2. The summed E-state index contributed by atoms with van der Waals surface area (Å²) in [5, 5.41) is 8.82. The molecule has 0 amide bonds. The van der Waals surface area contributed by atoms with E-state index in [1.807, 2.05) is 0 Å². The Hall–Kier alpha value is -2.57. The molecule has 2 rings (SSSR count). The van der Waals surface area contributed by atoms with Crippen molar-refractivity contribution in [2.75, 3.05) is 5.73 Å². The van der Waals surface area contributed by atoms with E-state index in [1.54, 1.807) is 0 Å². The molecule has 2 heterocycles. The summed E-state index contributed by atoms with van der Waals surface area (Å²) in [6, 6.07) is 0. The van der Waals surface area contributed by atoms with E-state index in [-0.39, 0.29) is 11.5 Å². The van der Waals surface area contributed by atoms with Crippen molar-refractivity contribution in [1.29, 1.82) is 0 Å². The smallest absolute Gasteiger partial charge is 0.358 e. The zero-order valence-electron chi connectivity index (χ0n) is 8.03. The van der Waals surface area contributed by atoms with Gasteiger partial charge in [0.15, 0.2) is 11.5 Å². The molecular weight excluding hydrogens is 210 g/mol. The van der Waals surface area contributed by atoms with Crippen LogP contribution in [0.2, 0.25) is 0 Å². The Bertz CT molecular complexity index is 529. The molecule has 7 heteroatoms. The minimum Gasteiger partial charge on any atom is -0.476 e. The van der Waals surface area contributed by atoms with Gasteiger partial charge in [-0.05, 0) is 0 Å². The summed E-state index contributed by atoms with van der Waals surface area (Å²) in [6.07, 6.45) is 5.77. The molecule has 7 nitrogen and oxygen atoms in total. The summed E-state index contributed by atoms with van der Waals surface area (Å²) in [7, 11) is 0. The first-order valence-corrected chi connectivity index (χ1v) is 4.29. The van der Waals surface area contributed by atoms with Gasteiger partial charge in [-0.1, -0.05) is 0 Å². The highest BCUT2D eigenvalue weighted by molar-refractivity contribution is 5.90. The third kappa shape index (κ3) is 1.78. The highest BCUT2D eigenvalue weighted by atomic mass is 16.4. The Morgan fingerprint density at radius 3 is 2.56 bits per heavy atom. The average molecular weight is 217 g/mol. The third-order valence-corrected chi connectivity index (χ3v) is 1.86. The van der Waals surface area contributed by atoms with Gasteiger partial charge in [0.2, 0.25) is 0 Å². The molecule has 0 aliphatic rings. The van der Waals surface area contributed by atoms with Crippen LogP contribution >= 0.6 is 0 Å². The molecule has 0 aliphatic carbocycles. The zero-order valence-corrected chi connectivity index (χ0v) is 8.03. The van der Waals surface area contributed by atoms with Gasteiger partial charge in [-0.2, -0.15) is 0 Å². The average Bonchev–Trinajstić information content (AvgIpc) is 2.30. The highest BCUT2D eigenvalue weighted by Gasteiger charge is 2.12. The first kappa shape index (κ1) is 9.97. The second-order valence-electron chi connectivity index (χ2n) is 2.92. The van der Waals surface area contributed by atoms with Gasteiger partial charge in [0, 0.05) is 18.0 Å². The maximum absolute atomic E-state index is 10.8. The zero-order chi connectivity index (χ0) is 11.5. The van der Waals surface area contributed by atoms with E-state index in [0.717, 1.165) is 0 Å². The molecule has 0 unspecified atom stereocenters. The van der Waals surface area contributed by atoms with E-state index in [4.69, 9.17) is 10.8 Å². The SMILES string of the molecule is Nc1ncc(-c2cncnc2)nc1C(=O)O. The summed E-state index contributed by atoms with van der Waals surface area (Å²) in [6.45, 7) is 0. The lowest BCUT2D eigenvalue weighted by molar-refractivity contribution is 0.0691. The summed E-state index contributed by atoms with van der Waals surface area (Å²) >= 11 is 0. The molecule has 80 valence electrons. The van der Waals surface area contributed by atoms with Crippen LogP contribution in [0.3, 0.4) is 0 Å². The second-order valence-corrected chi connectivity index (χ2v) is 2.92. The van der Waals surface area contributed by atoms with Crippen LogP contribution in [0, 0.1) is 0 Å². The van der Waals surface area contributed by atoms with Crippen molar-refractivity contribution < 1.29 is 9.90 Å². The van der Waals surface area contributed by atoms with E-state index in [9.17, 15) is 4.79 Å². The first-order chi connectivity index (χ1) is 7.68. The molecule has 0 bridgehead atoms. The van der Waals surface area contributed by atoms with Gasteiger partial charge < -0.3 is 10.8 Å². The topological polar surface area (TPSA) is 115 Å². The number of nitrogens with zero attached hydrogens (tertiary/aromatic N) is 4. The largest absolute Gasteiger partial charge is 0.476 e. The van der Waals surface area contributed by atoms with Gasteiger partial charge >= 0.3 is 5.97 Å². The van der Waals surface area contributed by atoms with Crippen molar-refractivity contribution >= 4 is 11.8 Å². The molecule has 3 N–H and O–H groups in total. The Labute approximate surface area is 90.0 Å². The molecule has 2 aromatic rings. The van der Waals surface area contributed by atoms with Gasteiger partial charge in [-0.25, -0.2) is 24.7 Å². The summed E-state index contributed by atoms with van der Waals surface area (Å²) in [5.74, 6) is -1.34. The Balaban J connectivity index is 2.52. The number of hydrogen-bond acceptors (Lipinski definition) is 6. The van der Waals surface area contributed by atoms with Crippen LogP contribution in [-0.4, -0.2) is 31.0 Å². The Morgan fingerprint density at radius 1 is 1.25 bits per heavy atom. The molecule has 0 saturated heterocycles. The van der Waals surface area contributed by atoms with Crippen molar-refractivity contribution in [3.8, 4) is 11.3 Å². The number of hydrogen-bond donors (Lipinski definition) is 2. The van der Waals surface area contributed by atoms with Crippen molar-refractivity contribution in [2.45, 2.75) is 0 Å². The molecular formula is C9H7N5O2. The van der Waals surface area contributed by atoms with E-state index in [0.29, 0.717) is 11.3 Å². The van der Waals surface area contributed by atoms with Crippen LogP contribution in [0.5, 0.6) is 0 Å². The van der Waals surface area contributed by atoms with E-state index in [1.165, 1.54) is 24.9 Å². The van der Waals surface area contributed by atoms with Gasteiger partial charge in [0.1, 0.15) is 6.33 Å². The number of carbonyl (C=O) groups is 1. The van der Waals surface area contributed by atoms with Gasteiger partial charge in [-0.3, -0.25) is 0 Å². The quantitative estimate of drug-likeness (QED) is 0.738. The number of nitrogens with two attached hydrogens (primary N) is 1. The number of carboxylic acids is 1. The monoisotopic (exact) mass is 217 g/mol. The van der Waals surface area contributed by atoms with Crippen LogP contribution in [0.1, 0.15) is 10.5 Å². The standard InChI is InChI=1S/C9H7N5O2/c10-8-7(9(15)16)14-6(3-13-8)5-1-11-4-12-2-5/h1-4H,(H2,10,13)(H,15,16). The molecule has 0 aromatic carbocycles. The van der Waals surface area contributed by atoms with E-state index < -0.39 is 5.97 Å². The predicted molar refractivity (Wildman–Crippen MR) is 54.4 cm³/mol. The summed E-state index contributed by atoms with van der Waals surface area (Å²) < 4.78 is 0. The van der Waals surface area contributed by atoms with Crippen LogP contribution in [0.25, 0.3) is 11.3 Å². The predicted octanol–water partition coefficient (Wildman–Crippen LogP) is 0.214. The van der Waals surface area contributed by atoms with Crippen molar-refractivity contribution in [3.05, 3.63) is 30.6 Å². The molecule has 0 fully saturated rings. The number of anilines is 1. The number of aromatic nitrogens is 4. The number of aromatic carboxylic acids is 1. The van der Waals surface area contributed by atoms with E-state index in [2.05, 4.69) is 19.9 Å². The summed E-state index contributed by atoms with van der Waals surface area (Å²) in [5.41, 5.74) is 6.06. The minimum atomic E-state index is -1.22. The maximum Gasteiger partial charge on any atom is 0.358 e. The van der Waals surface area contributed by atoms with Crippen molar-refractivity contribution in [3.63, 3.8) is 0 Å². The fraction of sp³-hybridized carbons (Fsp3) is 0. The molecule has 0 saturated carbocycles. The van der Waals surface area contributed by atoms with Crippen LogP contribution in [0.15, 0.2) is 24.9 Å². The normalized spacial score (nSPS) is 10.0. The molecule has 0 aliphatic heterocycles. The van der Waals surface area contributed by atoms with Gasteiger partial charge in [-0.15, -0.1) is 0 Å². The van der Waals surface area contributed by atoms with Crippen LogP contribution in [-0.2, 0) is 0 Å². The Morgan fingerprint density at radius 2 is 1.94 bits per heavy atom. The van der Waals surface area contributed by atoms with Gasteiger partial charge in [0.25, 0.3) is 0 Å². The second kappa shape index (κ2) is 3.89. The number of carboxylic acid groups (broad SMARTS) is 1. The fourth-order valence-electron chi connectivity index (χ4n) is 1.13. The molecule has 0 radical (unpaired) electrons. The maximum atomic E-state index is 10.8. The van der Waals surface area contributed by atoms with Crippen molar-refractivity contribution in [1.82, 2.24) is 19.9 Å². The number of rotatable bonds is 2. The van der Waals surface area contributed by atoms with Crippen molar-refractivity contribution in [2.24, 2.45) is 0 Å². The highest BCUT2D eigenvalue weighted by Crippen LogP contribution is 2.16. The van der Waals surface area contributed by atoms with Crippen LogP contribution in [0.4, 0.5) is 5.82 Å². The number of nitrogen functional groups attached to an aromatic ring is 1. The van der Waals surface area contributed by atoms with Crippen LogP contribution < -0.4 is 5.73 Å². The molecule has 0 spiro atoms. The molecule has 16 heavy (non-hydrogen) atoms. The van der Waals surface area contributed by atoms with Gasteiger partial charge in [0.05, 0.1) is 11.9 Å². The first-order valence-electron chi connectivity index (χ1n) is 4.29. The third-order valence-electron chi connectivity index (χ3n) is 1.86. The fourth-order valence-corrected chi connectivity index (χ4v) is 1.13. The lowest BCUT2D eigenvalue weighted by Crippen LogP contribution is -2.08. The summed E-state index contributed by atoms with van der Waals surface area (Å²) in [4.78, 5) is 26.0. The minimum absolute atomic E-state index is 0.118. The Kier molecular flexibility index (Phi) is 2.42. The van der Waals surface area contributed by atoms with E-state index >= 15 is 0 Å². The molecule has 2 aromatic heterocycles.